The van der Waals surface area contributed by atoms with Gasteiger partial charge in [0.25, 0.3) is 5.91 Å². The van der Waals surface area contributed by atoms with E-state index in [4.69, 9.17) is 32.7 Å². The molecular weight excluding hydrogens is 483 g/mol. The molecule has 2 aliphatic rings. The van der Waals surface area contributed by atoms with Gasteiger partial charge in [-0.2, -0.15) is 0 Å². The highest BCUT2D eigenvalue weighted by atomic mass is 35.5. The van der Waals surface area contributed by atoms with Gasteiger partial charge in [-0.25, -0.2) is 4.79 Å². The van der Waals surface area contributed by atoms with Gasteiger partial charge in [-0.1, -0.05) is 6.07 Å². The molecule has 1 aliphatic carbocycles. The Labute approximate surface area is 206 Å². The molecule has 0 radical (unpaired) electrons. The first-order valence-corrected chi connectivity index (χ1v) is 11.5. The molecule has 4 atom stereocenters. The van der Waals surface area contributed by atoms with Gasteiger partial charge in [-0.3, -0.25) is 19.3 Å². The zero-order valence-electron chi connectivity index (χ0n) is 18.2. The first kappa shape index (κ1) is 24.0. The molecule has 1 saturated heterocycles. The van der Waals surface area contributed by atoms with E-state index in [0.717, 1.165) is 4.90 Å². The van der Waals surface area contributed by atoms with Crippen molar-refractivity contribution in [2.75, 3.05) is 23.9 Å². The van der Waals surface area contributed by atoms with Crippen molar-refractivity contribution in [3.63, 3.8) is 0 Å². The Bertz CT molecular complexity index is 1090. The molecule has 178 valence electrons. The molecule has 0 unspecified atom stereocenters. The minimum Gasteiger partial charge on any atom is -0.497 e. The number of benzene rings is 2. The molecule has 2 fully saturated rings. The van der Waals surface area contributed by atoms with Crippen molar-refractivity contribution in [2.45, 2.75) is 23.6 Å². The van der Waals surface area contributed by atoms with Gasteiger partial charge in [-0.15, -0.1) is 23.2 Å². The highest BCUT2D eigenvalue weighted by Crippen LogP contribution is 2.43. The first-order chi connectivity index (χ1) is 16.3. The molecule has 4 rings (SSSR count). The molecule has 1 saturated carbocycles. The monoisotopic (exact) mass is 504 g/mol. The van der Waals surface area contributed by atoms with E-state index < -0.39 is 30.3 Å². The summed E-state index contributed by atoms with van der Waals surface area (Å²) in [7, 11) is 1.54. The van der Waals surface area contributed by atoms with Crippen LogP contribution in [-0.4, -0.2) is 48.2 Å². The zero-order chi connectivity index (χ0) is 24.4. The maximum absolute atomic E-state index is 12.9. The number of nitrogens with zero attached hydrogens (tertiary/aromatic N) is 1. The lowest BCUT2D eigenvalue weighted by Crippen LogP contribution is -2.34. The fourth-order valence-electron chi connectivity index (χ4n) is 4.21. The highest BCUT2D eigenvalue weighted by Gasteiger charge is 2.52. The summed E-state index contributed by atoms with van der Waals surface area (Å²) in [6.45, 7) is -0.505. The van der Waals surface area contributed by atoms with Crippen molar-refractivity contribution < 1.29 is 28.7 Å². The van der Waals surface area contributed by atoms with E-state index in [2.05, 4.69) is 5.32 Å². The van der Waals surface area contributed by atoms with Crippen LogP contribution in [0.4, 0.5) is 11.4 Å². The van der Waals surface area contributed by atoms with Crippen LogP contribution in [0.25, 0.3) is 0 Å². The van der Waals surface area contributed by atoms with E-state index in [-0.39, 0.29) is 33.8 Å². The van der Waals surface area contributed by atoms with Gasteiger partial charge in [0.1, 0.15) is 5.75 Å². The van der Waals surface area contributed by atoms with Crippen LogP contribution in [0.1, 0.15) is 23.2 Å². The van der Waals surface area contributed by atoms with E-state index in [1.54, 1.807) is 36.4 Å². The molecular formula is C24H22Cl2N2O6. The van der Waals surface area contributed by atoms with Gasteiger partial charge in [0, 0.05) is 5.69 Å². The number of alkyl halides is 2. The number of nitrogens with one attached hydrogen (secondary N) is 1. The van der Waals surface area contributed by atoms with Crippen molar-refractivity contribution in [3.05, 3.63) is 54.1 Å². The number of hydrogen-bond donors (Lipinski definition) is 1. The van der Waals surface area contributed by atoms with E-state index >= 15 is 0 Å². The second-order valence-corrected chi connectivity index (χ2v) is 9.25. The summed E-state index contributed by atoms with van der Waals surface area (Å²) in [6, 6.07) is 12.7. The summed E-state index contributed by atoms with van der Waals surface area (Å²) in [5.41, 5.74) is 0.893. The number of halogens is 2. The fraction of sp³-hybridized carbons (Fsp3) is 0.333. The lowest BCUT2D eigenvalue weighted by molar-refractivity contribution is -0.122. The number of anilines is 2. The maximum Gasteiger partial charge on any atom is 0.338 e. The predicted molar refractivity (Wildman–Crippen MR) is 126 cm³/mol. The number of rotatable bonds is 6. The average molecular weight is 505 g/mol. The van der Waals surface area contributed by atoms with Crippen molar-refractivity contribution in [1.82, 2.24) is 0 Å². The number of fused-ring (bicyclic) bond motifs is 1. The van der Waals surface area contributed by atoms with E-state index in [1.807, 2.05) is 0 Å². The van der Waals surface area contributed by atoms with Gasteiger partial charge < -0.3 is 14.8 Å². The maximum atomic E-state index is 12.9. The largest absolute Gasteiger partial charge is 0.497 e. The smallest absolute Gasteiger partial charge is 0.338 e. The topological polar surface area (TPSA) is 102 Å². The second kappa shape index (κ2) is 10.0. The number of hydrogen-bond acceptors (Lipinski definition) is 6. The van der Waals surface area contributed by atoms with E-state index in [0.29, 0.717) is 24.3 Å². The first-order valence-electron chi connectivity index (χ1n) is 10.7. The quantitative estimate of drug-likeness (QED) is 0.366. The Morgan fingerprint density at radius 2 is 1.62 bits per heavy atom. The minimum absolute atomic E-state index is 0.107. The van der Waals surface area contributed by atoms with Gasteiger partial charge >= 0.3 is 5.97 Å². The lowest BCUT2D eigenvalue weighted by atomic mass is 9.80. The SMILES string of the molecule is COc1ccc(NC(=O)COC(=O)c2cccc(N3C(=O)[C@@H]4C[C@@H](Cl)[C@@H](Cl)C[C@H]4C3=O)c2)cc1. The number of amides is 3. The van der Waals surface area contributed by atoms with Crippen LogP contribution in [0.5, 0.6) is 5.75 Å². The molecule has 0 spiro atoms. The Hall–Kier alpha value is -3.10. The molecule has 1 N–H and O–H groups in total. The third-order valence-corrected chi connectivity index (χ3v) is 7.05. The third kappa shape index (κ3) is 4.88. The second-order valence-electron chi connectivity index (χ2n) is 8.13. The third-order valence-electron chi connectivity index (χ3n) is 5.96. The highest BCUT2D eigenvalue weighted by molar-refractivity contribution is 6.31. The molecule has 0 bridgehead atoms. The van der Waals surface area contributed by atoms with Crippen molar-refractivity contribution in [2.24, 2.45) is 11.8 Å². The molecule has 3 amide bonds. The van der Waals surface area contributed by atoms with Crippen LogP contribution in [0, 0.1) is 11.8 Å². The fourth-order valence-corrected chi connectivity index (χ4v) is 4.80. The summed E-state index contributed by atoms with van der Waals surface area (Å²) in [4.78, 5) is 51.6. The number of ether oxygens (including phenoxy) is 2. The summed E-state index contributed by atoms with van der Waals surface area (Å²) in [5, 5.41) is 1.84. The van der Waals surface area contributed by atoms with Crippen LogP contribution >= 0.6 is 23.2 Å². The average Bonchev–Trinajstić information content (AvgIpc) is 3.07. The van der Waals surface area contributed by atoms with E-state index in [1.165, 1.54) is 19.2 Å². The van der Waals surface area contributed by atoms with Gasteiger partial charge in [-0.05, 0) is 55.3 Å². The normalized spacial score (nSPS) is 23.9. The summed E-state index contributed by atoms with van der Waals surface area (Å²) >= 11 is 12.4. The molecule has 1 aliphatic heterocycles. The summed E-state index contributed by atoms with van der Waals surface area (Å²) in [6.07, 6.45) is 0.652. The summed E-state index contributed by atoms with van der Waals surface area (Å²) in [5.74, 6) is -2.39. The Morgan fingerprint density at radius 1 is 1.00 bits per heavy atom. The zero-order valence-corrected chi connectivity index (χ0v) is 19.7. The number of imide groups is 1. The predicted octanol–water partition coefficient (Wildman–Crippen LogP) is 3.60. The number of esters is 1. The van der Waals surface area contributed by atoms with Crippen LogP contribution in [0.15, 0.2) is 48.5 Å². The van der Waals surface area contributed by atoms with Gasteiger partial charge in [0.15, 0.2) is 6.61 Å². The minimum atomic E-state index is -0.759. The van der Waals surface area contributed by atoms with Crippen LogP contribution in [0.2, 0.25) is 0 Å². The molecule has 8 nitrogen and oxygen atoms in total. The van der Waals surface area contributed by atoms with Crippen LogP contribution < -0.4 is 15.0 Å². The van der Waals surface area contributed by atoms with Crippen molar-refractivity contribution >= 4 is 58.3 Å². The molecule has 34 heavy (non-hydrogen) atoms. The van der Waals surface area contributed by atoms with Crippen LogP contribution in [-0.2, 0) is 19.1 Å². The molecule has 2 aromatic carbocycles. The number of methoxy groups -OCH3 is 1. The Balaban J connectivity index is 1.40. The summed E-state index contributed by atoms with van der Waals surface area (Å²) < 4.78 is 10.2. The number of carbonyl (C=O) groups excluding carboxylic acids is 4. The van der Waals surface area contributed by atoms with Crippen molar-refractivity contribution in [3.8, 4) is 5.75 Å². The molecule has 2 aromatic rings. The molecule has 1 heterocycles. The Kier molecular flexibility index (Phi) is 7.09. The lowest BCUT2D eigenvalue weighted by Gasteiger charge is -2.28. The van der Waals surface area contributed by atoms with E-state index in [9.17, 15) is 19.2 Å². The number of carbonyl (C=O) groups is 4. The standard InChI is InChI=1S/C24H22Cl2N2O6/c1-33-16-7-5-14(6-8-16)27-21(29)12-34-24(32)13-3-2-4-15(9-13)28-22(30)17-10-19(25)20(26)11-18(17)23(28)31/h2-9,17-20H,10-12H2,1H3,(H,27,29)/t17-,18-,19-,20+/m1/s1. The van der Waals surface area contributed by atoms with Gasteiger partial charge in [0.05, 0.1) is 41.0 Å². The van der Waals surface area contributed by atoms with Gasteiger partial charge in [0.2, 0.25) is 11.8 Å². The molecule has 10 heteroatoms. The van der Waals surface area contributed by atoms with Crippen LogP contribution in [0.3, 0.4) is 0 Å². The van der Waals surface area contributed by atoms with Crippen molar-refractivity contribution in [1.29, 1.82) is 0 Å². The molecule has 0 aromatic heterocycles. The Morgan fingerprint density at radius 3 is 2.21 bits per heavy atom.